The largest absolute Gasteiger partial charge is 0.356 e. The molecule has 39 heavy (non-hydrogen) atoms. The van der Waals surface area contributed by atoms with Gasteiger partial charge in [0.1, 0.15) is 12.6 Å². The van der Waals surface area contributed by atoms with Crippen LogP contribution in [0.1, 0.15) is 67.8 Å². The van der Waals surface area contributed by atoms with E-state index in [1.807, 2.05) is 28.0 Å². The van der Waals surface area contributed by atoms with Crippen molar-refractivity contribution >= 4 is 38.6 Å². The summed E-state index contributed by atoms with van der Waals surface area (Å²) in [7, 11) is 0. The number of nitrogens with zero attached hydrogens (tertiary/aromatic N) is 3. The number of piperazine rings is 1. The molecular weight excluding hydrogens is 552 g/mol. The minimum Gasteiger partial charge on any atom is -0.356 e. The molecule has 2 saturated heterocycles. The number of benzene rings is 2. The first-order chi connectivity index (χ1) is 19.1. The first-order valence-electron chi connectivity index (χ1n) is 14.8. The molecule has 2 aromatic carbocycles. The monoisotopic (exact) mass is 588 g/mol. The van der Waals surface area contributed by atoms with E-state index in [0.29, 0.717) is 6.42 Å². The third-order valence-electron chi connectivity index (χ3n) is 9.72. The number of H-pyrrole nitrogens is 1. The number of rotatable bonds is 4. The minimum atomic E-state index is -0.466. The predicted octanol–water partition coefficient (Wildman–Crippen LogP) is 5.66. The molecular formula is C32H37BrN4O2. The first kappa shape index (κ1) is 25.3. The molecule has 3 aromatic rings. The Labute approximate surface area is 238 Å². The molecule has 4 heterocycles. The molecule has 6 nitrogen and oxygen atoms in total. The van der Waals surface area contributed by atoms with Crippen molar-refractivity contribution in [3.8, 4) is 0 Å². The molecule has 0 spiro atoms. The maximum Gasteiger partial charge on any atom is 0.246 e. The van der Waals surface area contributed by atoms with Crippen molar-refractivity contribution in [2.45, 2.75) is 69.5 Å². The van der Waals surface area contributed by atoms with Gasteiger partial charge in [0, 0.05) is 53.2 Å². The average molecular weight is 590 g/mol. The second-order valence-corrected chi connectivity index (χ2v) is 13.0. The Kier molecular flexibility index (Phi) is 6.76. The number of hydrogen-bond donors (Lipinski definition) is 1. The molecule has 0 bridgehead atoms. The number of piperidine rings is 1. The number of carbonyl (C=O) groups is 2. The summed E-state index contributed by atoms with van der Waals surface area (Å²) in [5, 5.41) is 1.16. The zero-order valence-electron chi connectivity index (χ0n) is 22.4. The molecule has 0 radical (unpaired) electrons. The smallest absolute Gasteiger partial charge is 0.246 e. The van der Waals surface area contributed by atoms with Crippen molar-refractivity contribution in [3.05, 3.63) is 69.8 Å². The van der Waals surface area contributed by atoms with Crippen LogP contribution in [0.4, 0.5) is 0 Å². The van der Waals surface area contributed by atoms with Crippen LogP contribution in [0.25, 0.3) is 10.9 Å². The molecule has 1 saturated carbocycles. The van der Waals surface area contributed by atoms with Crippen LogP contribution in [0.3, 0.4) is 0 Å². The van der Waals surface area contributed by atoms with Gasteiger partial charge in [-0.25, -0.2) is 0 Å². The topological polar surface area (TPSA) is 59.7 Å². The Hall–Kier alpha value is -2.64. The lowest BCUT2D eigenvalue weighted by Crippen LogP contribution is -2.65. The van der Waals surface area contributed by atoms with Crippen LogP contribution in [0.2, 0.25) is 0 Å². The Morgan fingerprint density at radius 1 is 0.897 bits per heavy atom. The van der Waals surface area contributed by atoms with Crippen molar-refractivity contribution in [3.63, 3.8) is 0 Å². The SMILES string of the molecule is O=C1[C@H]2Cc3c([nH]c4ccccc34)[C@H](c3ccc(Br)cc3)N2C(=O)CN1C1CCN(CC2CCCCC2)CC1. The normalized spacial score (nSPS) is 25.3. The second kappa shape index (κ2) is 10.4. The number of aromatic amines is 1. The molecule has 3 aliphatic heterocycles. The maximum atomic E-state index is 14.2. The van der Waals surface area contributed by atoms with Crippen LogP contribution in [-0.4, -0.2) is 69.8 Å². The van der Waals surface area contributed by atoms with Crippen LogP contribution in [0.15, 0.2) is 53.0 Å². The molecule has 2 amide bonds. The highest BCUT2D eigenvalue weighted by Crippen LogP contribution is 2.43. The summed E-state index contributed by atoms with van der Waals surface area (Å²) < 4.78 is 0.998. The fraction of sp³-hybridized carbons (Fsp3) is 0.500. The third kappa shape index (κ3) is 4.61. The Morgan fingerprint density at radius 3 is 2.41 bits per heavy atom. The van der Waals surface area contributed by atoms with Crippen LogP contribution in [0.5, 0.6) is 0 Å². The lowest BCUT2D eigenvalue weighted by atomic mass is 9.85. The van der Waals surface area contributed by atoms with Gasteiger partial charge in [0.15, 0.2) is 0 Å². The fourth-order valence-electron chi connectivity index (χ4n) is 7.74. The molecule has 4 aliphatic rings. The number of aromatic nitrogens is 1. The summed E-state index contributed by atoms with van der Waals surface area (Å²) in [6, 6.07) is 15.9. The lowest BCUT2D eigenvalue weighted by Gasteiger charge is -2.50. The van der Waals surface area contributed by atoms with E-state index in [1.165, 1.54) is 44.2 Å². The molecule has 0 unspecified atom stereocenters. The summed E-state index contributed by atoms with van der Waals surface area (Å²) in [5.74, 6) is 1.02. The van der Waals surface area contributed by atoms with Crippen LogP contribution >= 0.6 is 15.9 Å². The second-order valence-electron chi connectivity index (χ2n) is 12.0. The van der Waals surface area contributed by atoms with E-state index in [-0.39, 0.29) is 30.4 Å². The number of halogens is 1. The first-order valence-corrected chi connectivity index (χ1v) is 15.5. The number of para-hydroxylation sites is 1. The van der Waals surface area contributed by atoms with Gasteiger partial charge in [-0.05, 0) is 60.9 Å². The lowest BCUT2D eigenvalue weighted by molar-refractivity contribution is -0.161. The number of carbonyl (C=O) groups excluding carboxylic acids is 2. The van der Waals surface area contributed by atoms with Crippen LogP contribution < -0.4 is 0 Å². The van der Waals surface area contributed by atoms with Gasteiger partial charge in [0.05, 0.1) is 6.04 Å². The number of amides is 2. The van der Waals surface area contributed by atoms with Gasteiger partial charge >= 0.3 is 0 Å². The number of likely N-dealkylation sites (tertiary alicyclic amines) is 1. The number of hydrogen-bond acceptors (Lipinski definition) is 3. The molecule has 3 fully saturated rings. The van der Waals surface area contributed by atoms with Gasteiger partial charge in [-0.3, -0.25) is 9.59 Å². The van der Waals surface area contributed by atoms with Crippen LogP contribution in [0, 0.1) is 5.92 Å². The summed E-state index contributed by atoms with van der Waals surface area (Å²) in [6.07, 6.45) is 9.38. The fourth-order valence-corrected chi connectivity index (χ4v) is 8.00. The van der Waals surface area contributed by atoms with E-state index in [1.54, 1.807) is 0 Å². The van der Waals surface area contributed by atoms with Gasteiger partial charge in [0.25, 0.3) is 0 Å². The molecule has 1 aliphatic carbocycles. The summed E-state index contributed by atoms with van der Waals surface area (Å²) >= 11 is 3.55. The summed E-state index contributed by atoms with van der Waals surface area (Å²) in [6.45, 7) is 3.45. The predicted molar refractivity (Wildman–Crippen MR) is 156 cm³/mol. The average Bonchev–Trinajstić information content (AvgIpc) is 3.34. The van der Waals surface area contributed by atoms with Crippen LogP contribution in [-0.2, 0) is 16.0 Å². The number of nitrogens with one attached hydrogen (secondary N) is 1. The van der Waals surface area contributed by atoms with Gasteiger partial charge in [-0.1, -0.05) is 65.5 Å². The van der Waals surface area contributed by atoms with Gasteiger partial charge in [-0.2, -0.15) is 0 Å². The van der Waals surface area contributed by atoms with Crippen molar-refractivity contribution in [1.82, 2.24) is 19.7 Å². The van der Waals surface area contributed by atoms with E-state index >= 15 is 0 Å². The van der Waals surface area contributed by atoms with Crippen molar-refractivity contribution in [1.29, 1.82) is 0 Å². The molecule has 2 atom stereocenters. The van der Waals surface area contributed by atoms with E-state index in [9.17, 15) is 9.59 Å². The van der Waals surface area contributed by atoms with Gasteiger partial charge in [-0.15, -0.1) is 0 Å². The summed E-state index contributed by atoms with van der Waals surface area (Å²) in [5.41, 5.74) is 4.30. The van der Waals surface area contributed by atoms with E-state index < -0.39 is 6.04 Å². The molecule has 1 aromatic heterocycles. The molecule has 7 heteroatoms. The Morgan fingerprint density at radius 2 is 1.64 bits per heavy atom. The highest BCUT2D eigenvalue weighted by Gasteiger charge is 2.49. The summed E-state index contributed by atoms with van der Waals surface area (Å²) in [4.78, 5) is 38.2. The maximum absolute atomic E-state index is 14.2. The van der Waals surface area contributed by atoms with Crippen molar-refractivity contribution in [2.24, 2.45) is 5.92 Å². The molecule has 204 valence electrons. The Bertz CT molecular complexity index is 1370. The highest BCUT2D eigenvalue weighted by atomic mass is 79.9. The minimum absolute atomic E-state index is 0.0569. The third-order valence-corrected chi connectivity index (χ3v) is 10.2. The van der Waals surface area contributed by atoms with Gasteiger partial charge < -0.3 is 19.7 Å². The standard InChI is InChI=1S/C32H37BrN4O2/c33-23-12-10-22(11-13-23)31-30-26(25-8-4-5-9-27(25)34-30)18-28-32(39)36(20-29(38)37(28)31)24-14-16-35(17-15-24)19-21-6-2-1-3-7-21/h4-5,8-13,21,24,28,31,34H,1-3,6-7,14-20H2/t28-,31+/m1/s1. The molecule has 7 rings (SSSR count). The van der Waals surface area contributed by atoms with E-state index in [0.717, 1.165) is 58.5 Å². The zero-order chi connectivity index (χ0) is 26.5. The van der Waals surface area contributed by atoms with E-state index in [4.69, 9.17) is 0 Å². The van der Waals surface area contributed by atoms with E-state index in [2.05, 4.69) is 56.1 Å². The highest BCUT2D eigenvalue weighted by molar-refractivity contribution is 9.10. The molecule has 1 N–H and O–H groups in total. The van der Waals surface area contributed by atoms with Gasteiger partial charge in [0.2, 0.25) is 11.8 Å². The van der Waals surface area contributed by atoms with Crippen molar-refractivity contribution in [2.75, 3.05) is 26.2 Å². The Balaban J connectivity index is 1.16. The van der Waals surface area contributed by atoms with Crippen molar-refractivity contribution < 1.29 is 9.59 Å². The number of fused-ring (bicyclic) bond motifs is 4. The zero-order valence-corrected chi connectivity index (χ0v) is 24.0. The quantitative estimate of drug-likeness (QED) is 0.428.